The zero-order valence-corrected chi connectivity index (χ0v) is 11.8. The molecule has 3 aromatic heterocycles. The van der Waals surface area contributed by atoms with Crippen LogP contribution >= 0.6 is 0 Å². The molecular formula is C15H19N5. The van der Waals surface area contributed by atoms with Crippen LogP contribution in [0.25, 0.3) is 11.5 Å². The monoisotopic (exact) mass is 269 g/mol. The van der Waals surface area contributed by atoms with E-state index in [1.807, 2.05) is 41.3 Å². The number of nitrogens with one attached hydrogen (secondary N) is 1. The van der Waals surface area contributed by atoms with Gasteiger partial charge in [-0.2, -0.15) is 5.10 Å². The quantitative estimate of drug-likeness (QED) is 0.773. The van der Waals surface area contributed by atoms with E-state index in [1.54, 1.807) is 6.20 Å². The predicted molar refractivity (Wildman–Crippen MR) is 78.9 cm³/mol. The van der Waals surface area contributed by atoms with E-state index < -0.39 is 0 Å². The third-order valence-electron chi connectivity index (χ3n) is 3.17. The highest BCUT2D eigenvalue weighted by molar-refractivity contribution is 5.48. The first-order valence-corrected chi connectivity index (χ1v) is 6.92. The standard InChI is InChI=1S/C15H19N5/c1-12(2)10-16-11-13-15(20-9-5-7-17-20)18-14-6-3-4-8-19(13)14/h3-9,12,16H,10-11H2,1-2H3. The maximum Gasteiger partial charge on any atom is 0.176 e. The highest BCUT2D eigenvalue weighted by Crippen LogP contribution is 2.16. The van der Waals surface area contributed by atoms with E-state index in [4.69, 9.17) is 0 Å². The van der Waals surface area contributed by atoms with Crippen molar-refractivity contribution in [3.63, 3.8) is 0 Å². The molecule has 5 heteroatoms. The van der Waals surface area contributed by atoms with Crippen molar-refractivity contribution < 1.29 is 0 Å². The minimum atomic E-state index is 0.627. The van der Waals surface area contributed by atoms with E-state index >= 15 is 0 Å². The van der Waals surface area contributed by atoms with Crippen LogP contribution in [0.15, 0.2) is 42.9 Å². The van der Waals surface area contributed by atoms with E-state index in [2.05, 4.69) is 33.6 Å². The van der Waals surface area contributed by atoms with Gasteiger partial charge in [0.25, 0.3) is 0 Å². The third-order valence-corrected chi connectivity index (χ3v) is 3.17. The molecule has 5 nitrogen and oxygen atoms in total. The molecular weight excluding hydrogens is 250 g/mol. The van der Waals surface area contributed by atoms with Gasteiger partial charge in [0.1, 0.15) is 5.65 Å². The van der Waals surface area contributed by atoms with Crippen molar-refractivity contribution in [2.45, 2.75) is 20.4 Å². The Morgan fingerprint density at radius 3 is 2.85 bits per heavy atom. The highest BCUT2D eigenvalue weighted by atomic mass is 15.3. The zero-order chi connectivity index (χ0) is 13.9. The van der Waals surface area contributed by atoms with Gasteiger partial charge in [0, 0.05) is 25.1 Å². The summed E-state index contributed by atoms with van der Waals surface area (Å²) in [6, 6.07) is 7.95. The number of pyridine rings is 1. The van der Waals surface area contributed by atoms with Crippen molar-refractivity contribution in [3.05, 3.63) is 48.5 Å². The summed E-state index contributed by atoms with van der Waals surface area (Å²) in [5.41, 5.74) is 2.07. The van der Waals surface area contributed by atoms with E-state index in [-0.39, 0.29) is 0 Å². The molecule has 0 saturated carbocycles. The van der Waals surface area contributed by atoms with Crippen LogP contribution in [0, 0.1) is 5.92 Å². The molecule has 1 N–H and O–H groups in total. The molecule has 0 fully saturated rings. The molecule has 0 aliphatic heterocycles. The molecule has 3 rings (SSSR count). The molecule has 0 aliphatic rings. The molecule has 3 heterocycles. The smallest absolute Gasteiger partial charge is 0.176 e. The minimum Gasteiger partial charge on any atom is -0.311 e. The first-order chi connectivity index (χ1) is 9.75. The summed E-state index contributed by atoms with van der Waals surface area (Å²) in [6.07, 6.45) is 5.74. The summed E-state index contributed by atoms with van der Waals surface area (Å²) in [4.78, 5) is 4.68. The van der Waals surface area contributed by atoms with Gasteiger partial charge in [-0.25, -0.2) is 9.67 Å². The maximum absolute atomic E-state index is 4.68. The first-order valence-electron chi connectivity index (χ1n) is 6.92. The number of hydrogen-bond acceptors (Lipinski definition) is 3. The van der Waals surface area contributed by atoms with Crippen LogP contribution in [-0.2, 0) is 6.54 Å². The van der Waals surface area contributed by atoms with Crippen molar-refractivity contribution >= 4 is 5.65 Å². The van der Waals surface area contributed by atoms with Crippen LogP contribution in [0.3, 0.4) is 0 Å². The van der Waals surface area contributed by atoms with Crippen LogP contribution in [-0.4, -0.2) is 25.7 Å². The summed E-state index contributed by atoms with van der Waals surface area (Å²) >= 11 is 0. The van der Waals surface area contributed by atoms with Gasteiger partial charge in [0.2, 0.25) is 0 Å². The molecule has 0 atom stereocenters. The lowest BCUT2D eigenvalue weighted by Crippen LogP contribution is -2.21. The Morgan fingerprint density at radius 2 is 2.10 bits per heavy atom. The van der Waals surface area contributed by atoms with Gasteiger partial charge in [-0.3, -0.25) is 0 Å². The lowest BCUT2D eigenvalue weighted by atomic mass is 10.2. The SMILES string of the molecule is CC(C)CNCc1c(-n2cccn2)nc2ccccn12. The summed E-state index contributed by atoms with van der Waals surface area (Å²) < 4.78 is 3.93. The van der Waals surface area contributed by atoms with Crippen molar-refractivity contribution in [3.8, 4) is 5.82 Å². The van der Waals surface area contributed by atoms with E-state index in [1.165, 1.54) is 0 Å². The molecule has 104 valence electrons. The number of nitrogens with zero attached hydrogens (tertiary/aromatic N) is 4. The Balaban J connectivity index is 2.00. The van der Waals surface area contributed by atoms with Crippen molar-refractivity contribution in [2.75, 3.05) is 6.54 Å². The Kier molecular flexibility index (Phi) is 3.52. The molecule has 0 unspecified atom stereocenters. The van der Waals surface area contributed by atoms with Gasteiger partial charge in [-0.15, -0.1) is 0 Å². The predicted octanol–water partition coefficient (Wildman–Crippen LogP) is 2.27. The normalized spacial score (nSPS) is 11.6. The third kappa shape index (κ3) is 2.44. The van der Waals surface area contributed by atoms with E-state index in [9.17, 15) is 0 Å². The number of fused-ring (bicyclic) bond motifs is 1. The molecule has 0 saturated heterocycles. The maximum atomic E-state index is 4.68. The van der Waals surface area contributed by atoms with E-state index in [0.29, 0.717) is 5.92 Å². The fraction of sp³-hybridized carbons (Fsp3) is 0.333. The molecule has 20 heavy (non-hydrogen) atoms. The van der Waals surface area contributed by atoms with Crippen LogP contribution < -0.4 is 5.32 Å². The van der Waals surface area contributed by atoms with Crippen LogP contribution in [0.1, 0.15) is 19.5 Å². The van der Waals surface area contributed by atoms with Crippen LogP contribution in [0.5, 0.6) is 0 Å². The number of aromatic nitrogens is 4. The molecule has 3 aromatic rings. The van der Waals surface area contributed by atoms with Gasteiger partial charge in [0.05, 0.1) is 5.69 Å². The summed E-state index contributed by atoms with van der Waals surface area (Å²) in [6.45, 7) is 6.17. The number of hydrogen-bond donors (Lipinski definition) is 1. The lowest BCUT2D eigenvalue weighted by molar-refractivity contribution is 0.545. The van der Waals surface area contributed by atoms with E-state index in [0.717, 1.165) is 30.2 Å². The van der Waals surface area contributed by atoms with Crippen molar-refractivity contribution in [2.24, 2.45) is 5.92 Å². The highest BCUT2D eigenvalue weighted by Gasteiger charge is 2.13. The molecule has 0 spiro atoms. The van der Waals surface area contributed by atoms with Gasteiger partial charge in [-0.05, 0) is 30.7 Å². The Bertz CT molecular complexity index is 681. The van der Waals surface area contributed by atoms with Crippen molar-refractivity contribution in [1.82, 2.24) is 24.5 Å². The fourth-order valence-corrected chi connectivity index (χ4v) is 2.26. The van der Waals surface area contributed by atoms with Gasteiger partial charge < -0.3 is 9.72 Å². The molecule has 0 aliphatic carbocycles. The van der Waals surface area contributed by atoms with Gasteiger partial charge in [0.15, 0.2) is 5.82 Å². The number of rotatable bonds is 5. The van der Waals surface area contributed by atoms with Crippen LogP contribution in [0.4, 0.5) is 0 Å². The van der Waals surface area contributed by atoms with Gasteiger partial charge in [-0.1, -0.05) is 19.9 Å². The minimum absolute atomic E-state index is 0.627. The fourth-order valence-electron chi connectivity index (χ4n) is 2.26. The largest absolute Gasteiger partial charge is 0.311 e. The molecule has 0 bridgehead atoms. The summed E-state index contributed by atoms with van der Waals surface area (Å²) in [5.74, 6) is 1.51. The Morgan fingerprint density at radius 1 is 1.20 bits per heavy atom. The number of imidazole rings is 1. The second-order valence-electron chi connectivity index (χ2n) is 5.29. The Labute approximate surface area is 118 Å². The zero-order valence-electron chi connectivity index (χ0n) is 11.8. The summed E-state index contributed by atoms with van der Waals surface area (Å²) in [7, 11) is 0. The summed E-state index contributed by atoms with van der Waals surface area (Å²) in [5, 5.41) is 7.78. The topological polar surface area (TPSA) is 47.2 Å². The average molecular weight is 269 g/mol. The molecule has 0 radical (unpaired) electrons. The molecule has 0 amide bonds. The van der Waals surface area contributed by atoms with Gasteiger partial charge >= 0.3 is 0 Å². The average Bonchev–Trinajstić information content (AvgIpc) is 3.05. The first kappa shape index (κ1) is 12.9. The van der Waals surface area contributed by atoms with Crippen LogP contribution in [0.2, 0.25) is 0 Å². The second kappa shape index (κ2) is 5.46. The second-order valence-corrected chi connectivity index (χ2v) is 5.29. The van der Waals surface area contributed by atoms with Crippen molar-refractivity contribution in [1.29, 1.82) is 0 Å². The lowest BCUT2D eigenvalue weighted by Gasteiger charge is -2.09. The Hall–Kier alpha value is -2.14. The molecule has 0 aromatic carbocycles.